The number of nitrogens with one attached hydrogen (secondary N) is 2. The highest BCUT2D eigenvalue weighted by Gasteiger charge is 2.28. The lowest BCUT2D eigenvalue weighted by molar-refractivity contribution is -0.121. The topological polar surface area (TPSA) is 88.0 Å². The molecule has 5 heteroatoms. The SMILES string of the molecule is CCc1ccc(C)c2c(\C(N)=C/C=C3\CCC(=C/C=c4/[nH]c5ccc(CC)c6cccc4c56)\C3=C(\C(C)=O)C(=O)NC)cccc12. The number of Topliss-reactive ketones (excluding diaryl/α,β-unsaturated/α-hetero) is 1. The van der Waals surface area contributed by atoms with Crippen molar-refractivity contribution in [1.82, 2.24) is 10.3 Å². The van der Waals surface area contributed by atoms with Gasteiger partial charge < -0.3 is 16.0 Å². The van der Waals surface area contributed by atoms with Crippen LogP contribution < -0.4 is 16.4 Å². The Kier molecular flexibility index (Phi) is 8.50. The van der Waals surface area contributed by atoms with Gasteiger partial charge in [0.1, 0.15) is 0 Å². The molecule has 1 aromatic heterocycles. The molecule has 4 aromatic carbocycles. The summed E-state index contributed by atoms with van der Waals surface area (Å²) in [6.07, 6.45) is 11.4. The fraction of sp³-hybridized carbons (Fsp3) is 0.220. The number of aromatic amines is 1. The van der Waals surface area contributed by atoms with Crippen LogP contribution in [-0.4, -0.2) is 23.7 Å². The van der Waals surface area contributed by atoms with E-state index in [-0.39, 0.29) is 17.3 Å². The van der Waals surface area contributed by atoms with Crippen LogP contribution in [0.3, 0.4) is 0 Å². The number of carbonyl (C=O) groups excluding carboxylic acids is 2. The summed E-state index contributed by atoms with van der Waals surface area (Å²) in [7, 11) is 1.56. The molecule has 0 saturated heterocycles. The molecule has 4 N–H and O–H groups in total. The molecule has 1 saturated carbocycles. The Morgan fingerprint density at radius 3 is 2.13 bits per heavy atom. The van der Waals surface area contributed by atoms with Crippen molar-refractivity contribution in [1.29, 1.82) is 0 Å². The predicted octanol–water partition coefficient (Wildman–Crippen LogP) is 7.68. The highest BCUT2D eigenvalue weighted by molar-refractivity contribution is 6.20. The molecular formula is C41H41N3O2. The van der Waals surface area contributed by atoms with Crippen LogP contribution in [0.1, 0.15) is 55.9 Å². The maximum absolute atomic E-state index is 13.1. The fourth-order valence-electron chi connectivity index (χ4n) is 7.06. The normalized spacial score (nSPS) is 17.2. The van der Waals surface area contributed by atoms with Crippen molar-refractivity contribution in [3.05, 3.63) is 129 Å². The average Bonchev–Trinajstić information content (AvgIpc) is 3.64. The van der Waals surface area contributed by atoms with Gasteiger partial charge in [0.2, 0.25) is 0 Å². The maximum atomic E-state index is 13.1. The summed E-state index contributed by atoms with van der Waals surface area (Å²) in [5.41, 5.74) is 16.0. The second-order valence-electron chi connectivity index (χ2n) is 12.1. The van der Waals surface area contributed by atoms with Crippen LogP contribution >= 0.6 is 0 Å². The zero-order valence-corrected chi connectivity index (χ0v) is 27.3. The van der Waals surface area contributed by atoms with Gasteiger partial charge >= 0.3 is 0 Å². The van der Waals surface area contributed by atoms with Crippen LogP contribution in [0.4, 0.5) is 0 Å². The van der Waals surface area contributed by atoms with Crippen LogP contribution in [-0.2, 0) is 22.4 Å². The maximum Gasteiger partial charge on any atom is 0.255 e. The van der Waals surface area contributed by atoms with Gasteiger partial charge in [-0.25, -0.2) is 0 Å². The zero-order chi connectivity index (χ0) is 32.5. The van der Waals surface area contributed by atoms with E-state index in [1.165, 1.54) is 39.8 Å². The van der Waals surface area contributed by atoms with Gasteiger partial charge in [-0.3, -0.25) is 9.59 Å². The summed E-state index contributed by atoms with van der Waals surface area (Å²) in [6, 6.07) is 21.4. The standard InChI is InChI=1S/C41H41N3O2/c1-6-26-15-14-24(3)37-30(26)10-8-12-32(37)34(42)21-18-28-16-17-29(39(28)38(25(4)45)41(46)43-5)20-22-35-33-13-9-11-31-27(7-2)19-23-36(44-35)40(31)33/h8-15,18-23,44H,6-7,16-17,42H2,1-5H3,(H,43,46)/b28-18+,29-20+,34-21+,35-22+,39-38-. The highest BCUT2D eigenvalue weighted by Crippen LogP contribution is 2.39. The van der Waals surface area contributed by atoms with Gasteiger partial charge in [-0.05, 0) is 107 Å². The number of hydrogen-bond donors (Lipinski definition) is 3. The molecule has 5 aromatic rings. The predicted molar refractivity (Wildman–Crippen MR) is 192 cm³/mol. The Morgan fingerprint density at radius 1 is 0.826 bits per heavy atom. The Hall–Kier alpha value is -5.16. The van der Waals surface area contributed by atoms with Crippen molar-refractivity contribution in [3.8, 4) is 0 Å². The molecule has 46 heavy (non-hydrogen) atoms. The molecule has 0 radical (unpaired) electrons. The molecule has 232 valence electrons. The first kappa shape index (κ1) is 30.8. The van der Waals surface area contributed by atoms with Gasteiger partial charge in [-0.1, -0.05) is 80.6 Å². The zero-order valence-electron chi connectivity index (χ0n) is 27.3. The quantitative estimate of drug-likeness (QED) is 0.101. The number of nitrogens with two attached hydrogens (primary N) is 1. The number of likely N-dealkylation sites (N-methyl/N-ethyl adjacent to an activating group) is 1. The fourth-order valence-corrected chi connectivity index (χ4v) is 7.06. The number of amides is 1. The van der Waals surface area contributed by atoms with E-state index in [9.17, 15) is 9.59 Å². The largest absolute Gasteiger partial charge is 0.398 e. The molecular weight excluding hydrogens is 566 g/mol. The van der Waals surface area contributed by atoms with Crippen molar-refractivity contribution in [3.63, 3.8) is 0 Å². The minimum Gasteiger partial charge on any atom is -0.398 e. The minimum absolute atomic E-state index is 0.175. The van der Waals surface area contributed by atoms with E-state index in [1.54, 1.807) is 7.05 Å². The number of carbonyl (C=O) groups is 2. The lowest BCUT2D eigenvalue weighted by Gasteiger charge is -2.13. The van der Waals surface area contributed by atoms with Crippen molar-refractivity contribution < 1.29 is 9.59 Å². The Bertz CT molecular complexity index is 2220. The molecule has 0 unspecified atom stereocenters. The summed E-state index contributed by atoms with van der Waals surface area (Å²) >= 11 is 0. The third-order valence-corrected chi connectivity index (χ3v) is 9.38. The van der Waals surface area contributed by atoms with Gasteiger partial charge in [0.05, 0.1) is 5.57 Å². The number of ketones is 1. The Balaban J connectivity index is 1.49. The molecule has 1 aliphatic carbocycles. The molecule has 1 amide bonds. The third-order valence-electron chi connectivity index (χ3n) is 9.38. The number of aryl methyl sites for hydroxylation is 3. The van der Waals surface area contributed by atoms with Gasteiger partial charge in [-0.15, -0.1) is 0 Å². The van der Waals surface area contributed by atoms with Gasteiger partial charge in [0, 0.05) is 39.9 Å². The molecule has 1 aliphatic rings. The summed E-state index contributed by atoms with van der Waals surface area (Å²) in [6.45, 7) is 7.92. The monoisotopic (exact) mass is 607 g/mol. The summed E-state index contributed by atoms with van der Waals surface area (Å²) in [4.78, 5) is 29.7. The Labute approximate surface area is 270 Å². The van der Waals surface area contributed by atoms with Crippen molar-refractivity contribution >= 4 is 55.9 Å². The van der Waals surface area contributed by atoms with Crippen LogP contribution in [0, 0.1) is 6.92 Å². The van der Waals surface area contributed by atoms with Gasteiger partial charge in [0.25, 0.3) is 5.91 Å². The highest BCUT2D eigenvalue weighted by atomic mass is 16.2. The van der Waals surface area contributed by atoms with E-state index >= 15 is 0 Å². The second kappa shape index (κ2) is 12.7. The molecule has 6 rings (SSSR count). The molecule has 0 spiro atoms. The molecule has 0 atom stereocenters. The van der Waals surface area contributed by atoms with Crippen LogP contribution in [0.2, 0.25) is 0 Å². The molecule has 0 aliphatic heterocycles. The number of aromatic nitrogens is 1. The Morgan fingerprint density at radius 2 is 1.46 bits per heavy atom. The first-order valence-corrected chi connectivity index (χ1v) is 16.2. The lowest BCUT2D eigenvalue weighted by Crippen LogP contribution is -2.25. The van der Waals surface area contributed by atoms with Crippen molar-refractivity contribution in [2.24, 2.45) is 5.73 Å². The number of benzene rings is 4. The van der Waals surface area contributed by atoms with Crippen molar-refractivity contribution in [2.45, 2.75) is 53.4 Å². The van der Waals surface area contributed by atoms with Crippen molar-refractivity contribution in [2.75, 3.05) is 7.05 Å². The van der Waals surface area contributed by atoms with Gasteiger partial charge in [-0.2, -0.15) is 0 Å². The van der Waals surface area contributed by atoms with Crippen LogP contribution in [0.15, 0.2) is 101 Å². The van der Waals surface area contributed by atoms with Crippen LogP contribution in [0.5, 0.6) is 0 Å². The number of allylic oxidation sites excluding steroid dienone is 6. The van der Waals surface area contributed by atoms with E-state index in [2.05, 4.69) is 104 Å². The summed E-state index contributed by atoms with van der Waals surface area (Å²) in [5, 5.41) is 9.72. The summed E-state index contributed by atoms with van der Waals surface area (Å²) < 4.78 is 0. The molecule has 1 heterocycles. The number of hydrogen-bond acceptors (Lipinski definition) is 3. The second-order valence-corrected chi connectivity index (χ2v) is 12.1. The summed E-state index contributed by atoms with van der Waals surface area (Å²) in [5.74, 6) is -0.650. The minimum atomic E-state index is -0.383. The van der Waals surface area contributed by atoms with E-state index < -0.39 is 0 Å². The number of rotatable bonds is 7. The van der Waals surface area contributed by atoms with Crippen LogP contribution in [0.25, 0.3) is 44.2 Å². The first-order chi connectivity index (χ1) is 22.3. The van der Waals surface area contributed by atoms with E-state index in [0.717, 1.165) is 51.2 Å². The lowest BCUT2D eigenvalue weighted by atomic mass is 9.93. The number of fused-ring (bicyclic) bond motifs is 1. The molecule has 0 bridgehead atoms. The van der Waals surface area contributed by atoms with Gasteiger partial charge in [0.15, 0.2) is 5.78 Å². The first-order valence-electron chi connectivity index (χ1n) is 16.2. The van der Waals surface area contributed by atoms with E-state index in [4.69, 9.17) is 5.73 Å². The number of H-pyrrole nitrogens is 1. The third kappa shape index (κ3) is 5.36. The smallest absolute Gasteiger partial charge is 0.255 e. The molecule has 1 fully saturated rings. The average molecular weight is 608 g/mol. The van der Waals surface area contributed by atoms with E-state index in [1.807, 2.05) is 12.2 Å². The van der Waals surface area contributed by atoms with E-state index in [0.29, 0.717) is 24.1 Å². The molecule has 5 nitrogen and oxygen atoms in total.